The van der Waals surface area contributed by atoms with Crippen LogP contribution in [0.15, 0.2) is 46.9 Å². The number of rotatable bonds is 3. The third kappa shape index (κ3) is 3.33. The molecule has 1 amide bonds. The van der Waals surface area contributed by atoms with Crippen LogP contribution >= 0.6 is 15.9 Å². The molecule has 2 aromatic rings. The summed E-state index contributed by atoms with van der Waals surface area (Å²) in [6, 6.07) is 12.9. The van der Waals surface area contributed by atoms with Crippen molar-refractivity contribution in [2.45, 2.75) is 6.92 Å². The van der Waals surface area contributed by atoms with Crippen LogP contribution in [-0.2, 0) is 0 Å². The van der Waals surface area contributed by atoms with Gasteiger partial charge in [0, 0.05) is 10.2 Å². The van der Waals surface area contributed by atoms with Gasteiger partial charge in [0.2, 0.25) is 0 Å². The molecule has 0 saturated heterocycles. The highest BCUT2D eigenvalue weighted by molar-refractivity contribution is 9.10. The van der Waals surface area contributed by atoms with Gasteiger partial charge in [0.25, 0.3) is 5.91 Å². The molecular formula is C14H14BrN3O. The zero-order valence-corrected chi connectivity index (χ0v) is 12.0. The molecule has 0 spiro atoms. The molecule has 19 heavy (non-hydrogen) atoms. The van der Waals surface area contributed by atoms with Gasteiger partial charge in [-0.3, -0.25) is 10.6 Å². The Bertz CT molecular complexity index is 613. The Labute approximate surface area is 120 Å². The van der Waals surface area contributed by atoms with E-state index in [0.717, 1.165) is 15.7 Å². The minimum absolute atomic E-state index is 0.199. The average molecular weight is 320 g/mol. The number of hydrogen-bond donors (Lipinski definition) is 3. The van der Waals surface area contributed by atoms with Crippen LogP contribution in [0.2, 0.25) is 0 Å². The van der Waals surface area contributed by atoms with Crippen LogP contribution in [0.1, 0.15) is 15.9 Å². The van der Waals surface area contributed by atoms with E-state index in [1.807, 2.05) is 37.3 Å². The highest BCUT2D eigenvalue weighted by Crippen LogP contribution is 2.20. The van der Waals surface area contributed by atoms with Crippen molar-refractivity contribution in [1.29, 1.82) is 0 Å². The number of carbonyl (C=O) groups excluding carboxylic acids is 1. The van der Waals surface area contributed by atoms with Crippen molar-refractivity contribution < 1.29 is 4.79 Å². The monoisotopic (exact) mass is 319 g/mol. The molecule has 0 bridgehead atoms. The van der Waals surface area contributed by atoms with Crippen molar-refractivity contribution in [3.05, 3.63) is 58.1 Å². The second kappa shape index (κ2) is 5.86. The second-order valence-corrected chi connectivity index (χ2v) is 5.07. The summed E-state index contributed by atoms with van der Waals surface area (Å²) < 4.78 is 0.909. The maximum atomic E-state index is 12.2. The number of benzene rings is 2. The number of anilines is 2. The lowest BCUT2D eigenvalue weighted by Crippen LogP contribution is -2.17. The molecule has 0 saturated carbocycles. The molecule has 0 radical (unpaired) electrons. The van der Waals surface area contributed by atoms with Crippen molar-refractivity contribution in [1.82, 2.24) is 0 Å². The van der Waals surface area contributed by atoms with E-state index in [0.29, 0.717) is 11.3 Å². The molecule has 0 unspecified atom stereocenters. The van der Waals surface area contributed by atoms with Crippen molar-refractivity contribution in [3.63, 3.8) is 0 Å². The fourth-order valence-corrected chi connectivity index (χ4v) is 2.14. The minimum Gasteiger partial charge on any atom is -0.323 e. The van der Waals surface area contributed by atoms with E-state index in [9.17, 15) is 4.79 Å². The highest BCUT2D eigenvalue weighted by Gasteiger charge is 2.11. The molecule has 0 atom stereocenters. The Morgan fingerprint density at radius 1 is 1.21 bits per heavy atom. The number of nitrogen functional groups attached to an aromatic ring is 1. The number of nitrogens with two attached hydrogens (primary N) is 1. The predicted molar refractivity (Wildman–Crippen MR) is 81.1 cm³/mol. The first-order valence-corrected chi connectivity index (χ1v) is 6.53. The summed E-state index contributed by atoms with van der Waals surface area (Å²) in [4.78, 5) is 12.2. The predicted octanol–water partition coefficient (Wildman–Crippen LogP) is 3.30. The van der Waals surface area contributed by atoms with Crippen molar-refractivity contribution in [2.24, 2.45) is 5.84 Å². The number of hydrazine groups is 1. The SMILES string of the molecule is Cc1ccc(NN)c(C(=O)Nc2cccc(Br)c2)c1. The van der Waals surface area contributed by atoms with Crippen molar-refractivity contribution in [2.75, 3.05) is 10.7 Å². The highest BCUT2D eigenvalue weighted by atomic mass is 79.9. The smallest absolute Gasteiger partial charge is 0.257 e. The lowest BCUT2D eigenvalue weighted by Gasteiger charge is -2.10. The molecule has 4 nitrogen and oxygen atoms in total. The summed E-state index contributed by atoms with van der Waals surface area (Å²) >= 11 is 3.36. The minimum atomic E-state index is -0.199. The van der Waals surface area contributed by atoms with E-state index in [4.69, 9.17) is 5.84 Å². The molecule has 2 rings (SSSR count). The standard InChI is InChI=1S/C14H14BrN3O/c1-9-5-6-13(18-16)12(7-9)14(19)17-11-4-2-3-10(15)8-11/h2-8,18H,16H2,1H3,(H,17,19). The number of aryl methyl sites for hydroxylation is 1. The third-order valence-electron chi connectivity index (χ3n) is 2.66. The summed E-state index contributed by atoms with van der Waals surface area (Å²) in [5, 5.41) is 2.84. The summed E-state index contributed by atoms with van der Waals surface area (Å²) in [6.45, 7) is 1.93. The van der Waals surface area contributed by atoms with Gasteiger partial charge in [-0.15, -0.1) is 0 Å². The van der Waals surface area contributed by atoms with E-state index in [2.05, 4.69) is 26.7 Å². The van der Waals surface area contributed by atoms with Gasteiger partial charge in [0.05, 0.1) is 11.3 Å². The lowest BCUT2D eigenvalue weighted by molar-refractivity contribution is 0.102. The van der Waals surface area contributed by atoms with Gasteiger partial charge in [-0.1, -0.05) is 33.6 Å². The molecule has 2 aromatic carbocycles. The Balaban J connectivity index is 2.27. The Kier molecular flexibility index (Phi) is 4.19. The number of hydrogen-bond acceptors (Lipinski definition) is 3. The van der Waals surface area contributed by atoms with E-state index < -0.39 is 0 Å². The normalized spacial score (nSPS) is 10.1. The van der Waals surface area contributed by atoms with Crippen LogP contribution in [0.25, 0.3) is 0 Å². The third-order valence-corrected chi connectivity index (χ3v) is 3.15. The zero-order valence-electron chi connectivity index (χ0n) is 10.4. The summed E-state index contributed by atoms with van der Waals surface area (Å²) in [6.07, 6.45) is 0. The van der Waals surface area contributed by atoms with Crippen LogP contribution in [0, 0.1) is 6.92 Å². The van der Waals surface area contributed by atoms with Crippen LogP contribution in [0.4, 0.5) is 11.4 Å². The molecular weight excluding hydrogens is 306 g/mol. The Morgan fingerprint density at radius 2 is 2.00 bits per heavy atom. The molecule has 0 aliphatic carbocycles. The molecule has 98 valence electrons. The first kappa shape index (κ1) is 13.6. The number of carbonyl (C=O) groups is 1. The largest absolute Gasteiger partial charge is 0.323 e. The zero-order chi connectivity index (χ0) is 13.8. The fourth-order valence-electron chi connectivity index (χ4n) is 1.74. The first-order chi connectivity index (χ1) is 9.10. The van der Waals surface area contributed by atoms with Gasteiger partial charge in [-0.2, -0.15) is 0 Å². The quantitative estimate of drug-likeness (QED) is 0.600. The van der Waals surface area contributed by atoms with Crippen LogP contribution in [-0.4, -0.2) is 5.91 Å². The first-order valence-electron chi connectivity index (χ1n) is 5.74. The van der Waals surface area contributed by atoms with Gasteiger partial charge < -0.3 is 10.7 Å². The molecule has 0 aliphatic rings. The molecule has 0 aliphatic heterocycles. The summed E-state index contributed by atoms with van der Waals surface area (Å²) in [5.41, 5.74) is 5.37. The van der Waals surface area contributed by atoms with Gasteiger partial charge >= 0.3 is 0 Å². The molecule has 0 heterocycles. The van der Waals surface area contributed by atoms with E-state index >= 15 is 0 Å². The fraction of sp³-hybridized carbons (Fsp3) is 0.0714. The number of nitrogens with one attached hydrogen (secondary N) is 2. The number of amides is 1. The van der Waals surface area contributed by atoms with Crippen LogP contribution in [0.5, 0.6) is 0 Å². The molecule has 0 aromatic heterocycles. The second-order valence-electron chi connectivity index (χ2n) is 4.16. The van der Waals surface area contributed by atoms with E-state index in [1.165, 1.54) is 0 Å². The van der Waals surface area contributed by atoms with Gasteiger partial charge in [0.1, 0.15) is 0 Å². The van der Waals surface area contributed by atoms with Gasteiger partial charge in [-0.25, -0.2) is 0 Å². The molecule has 4 N–H and O–H groups in total. The van der Waals surface area contributed by atoms with Gasteiger partial charge in [-0.05, 0) is 37.3 Å². The molecule has 5 heteroatoms. The average Bonchev–Trinajstić information content (AvgIpc) is 2.38. The Hall–Kier alpha value is -1.85. The number of halogens is 1. The van der Waals surface area contributed by atoms with Gasteiger partial charge in [0.15, 0.2) is 0 Å². The van der Waals surface area contributed by atoms with E-state index in [1.54, 1.807) is 12.1 Å². The van der Waals surface area contributed by atoms with Crippen LogP contribution in [0.3, 0.4) is 0 Å². The van der Waals surface area contributed by atoms with Crippen molar-refractivity contribution >= 4 is 33.2 Å². The Morgan fingerprint density at radius 3 is 2.68 bits per heavy atom. The maximum Gasteiger partial charge on any atom is 0.257 e. The molecule has 0 fully saturated rings. The van der Waals surface area contributed by atoms with Crippen LogP contribution < -0.4 is 16.6 Å². The maximum absolute atomic E-state index is 12.2. The van der Waals surface area contributed by atoms with Crippen molar-refractivity contribution in [3.8, 4) is 0 Å². The van der Waals surface area contributed by atoms with E-state index in [-0.39, 0.29) is 5.91 Å². The lowest BCUT2D eigenvalue weighted by atomic mass is 10.1. The summed E-state index contributed by atoms with van der Waals surface area (Å²) in [7, 11) is 0. The topological polar surface area (TPSA) is 67.1 Å². The summed E-state index contributed by atoms with van der Waals surface area (Å²) in [5.74, 6) is 5.22.